The van der Waals surface area contributed by atoms with Crippen LogP contribution in [0.5, 0.6) is 0 Å². The van der Waals surface area contributed by atoms with Gasteiger partial charge in [-0.05, 0) is 13.0 Å². The van der Waals surface area contributed by atoms with E-state index in [9.17, 15) is 4.79 Å². The predicted molar refractivity (Wildman–Crippen MR) is 56.1 cm³/mol. The molecule has 1 unspecified atom stereocenters. The highest BCUT2D eigenvalue weighted by molar-refractivity contribution is 5.75. The predicted octanol–water partition coefficient (Wildman–Crippen LogP) is -0.384. The van der Waals surface area contributed by atoms with E-state index in [2.05, 4.69) is 10.4 Å². The number of nitrogens with two attached hydrogens (primary N) is 1. The highest BCUT2D eigenvalue weighted by atomic mass is 16.5. The average Bonchev–Trinajstić information content (AvgIpc) is 2.51. The summed E-state index contributed by atoms with van der Waals surface area (Å²) in [6, 6.07) is 1.64. The zero-order valence-electron chi connectivity index (χ0n) is 8.93. The average molecular weight is 212 g/mol. The number of ether oxygens (including phenoxy) is 1. The van der Waals surface area contributed by atoms with E-state index < -0.39 is 0 Å². The molecule has 15 heavy (non-hydrogen) atoms. The van der Waals surface area contributed by atoms with Crippen LogP contribution in [0.2, 0.25) is 0 Å². The molecule has 0 aliphatic heterocycles. The molecule has 1 rings (SSSR count). The molecular weight excluding hydrogens is 196 g/mol. The van der Waals surface area contributed by atoms with Gasteiger partial charge in [0, 0.05) is 19.3 Å². The lowest BCUT2D eigenvalue weighted by Crippen LogP contribution is -2.37. The fourth-order valence-corrected chi connectivity index (χ4v) is 1.22. The second-order valence-corrected chi connectivity index (χ2v) is 3.36. The minimum absolute atomic E-state index is 0.00425. The summed E-state index contributed by atoms with van der Waals surface area (Å²) in [4.78, 5) is 11.4. The van der Waals surface area contributed by atoms with E-state index in [1.807, 2.05) is 6.92 Å². The van der Waals surface area contributed by atoms with E-state index in [1.165, 1.54) is 4.68 Å². The molecule has 0 bridgehead atoms. The van der Waals surface area contributed by atoms with E-state index in [1.54, 1.807) is 19.4 Å². The molecule has 0 aromatic carbocycles. The third-order valence-corrected chi connectivity index (χ3v) is 1.79. The minimum atomic E-state index is -0.109. The van der Waals surface area contributed by atoms with Gasteiger partial charge in [0.05, 0.1) is 6.61 Å². The lowest BCUT2D eigenvalue weighted by atomic mass is 10.3. The second-order valence-electron chi connectivity index (χ2n) is 3.36. The summed E-state index contributed by atoms with van der Waals surface area (Å²) in [6.45, 7) is 2.54. The first-order valence-corrected chi connectivity index (χ1v) is 4.69. The number of aromatic nitrogens is 2. The standard InChI is InChI=1S/C9H16N4O2/c1-7(6-15-2)11-9(14)5-13-4-3-8(10)12-13/h3-4,7H,5-6H2,1-2H3,(H2,10,12)(H,11,14). The van der Waals surface area contributed by atoms with E-state index in [0.29, 0.717) is 12.4 Å². The molecular formula is C9H16N4O2. The number of carbonyl (C=O) groups is 1. The van der Waals surface area contributed by atoms with Gasteiger partial charge in [-0.3, -0.25) is 9.48 Å². The number of rotatable bonds is 5. The van der Waals surface area contributed by atoms with Gasteiger partial charge in [0.2, 0.25) is 5.91 Å². The van der Waals surface area contributed by atoms with Crippen LogP contribution in [-0.4, -0.2) is 35.4 Å². The van der Waals surface area contributed by atoms with Crippen molar-refractivity contribution in [1.29, 1.82) is 0 Å². The minimum Gasteiger partial charge on any atom is -0.383 e. The molecule has 6 nitrogen and oxygen atoms in total. The number of hydrogen-bond donors (Lipinski definition) is 2. The van der Waals surface area contributed by atoms with E-state index >= 15 is 0 Å². The molecule has 0 radical (unpaired) electrons. The van der Waals surface area contributed by atoms with Crippen LogP contribution in [-0.2, 0) is 16.1 Å². The topological polar surface area (TPSA) is 82.2 Å². The molecule has 0 fully saturated rings. The molecule has 0 aliphatic rings. The Balaban J connectivity index is 2.36. The highest BCUT2D eigenvalue weighted by Crippen LogP contribution is 1.95. The van der Waals surface area contributed by atoms with Crippen LogP contribution in [0.3, 0.4) is 0 Å². The molecule has 0 saturated heterocycles. The number of carbonyl (C=O) groups excluding carboxylic acids is 1. The highest BCUT2D eigenvalue weighted by Gasteiger charge is 2.07. The van der Waals surface area contributed by atoms with Crippen molar-refractivity contribution in [3.05, 3.63) is 12.3 Å². The van der Waals surface area contributed by atoms with Gasteiger partial charge in [-0.15, -0.1) is 0 Å². The summed E-state index contributed by atoms with van der Waals surface area (Å²) in [5.74, 6) is 0.301. The molecule has 3 N–H and O–H groups in total. The fraction of sp³-hybridized carbons (Fsp3) is 0.556. The number of nitrogens with zero attached hydrogens (tertiary/aromatic N) is 2. The first-order chi connectivity index (χ1) is 7.11. The van der Waals surface area contributed by atoms with Crippen LogP contribution in [0, 0.1) is 0 Å². The normalized spacial score (nSPS) is 12.4. The zero-order valence-corrected chi connectivity index (χ0v) is 8.93. The van der Waals surface area contributed by atoms with E-state index in [4.69, 9.17) is 10.5 Å². The Morgan fingerprint density at radius 2 is 2.53 bits per heavy atom. The van der Waals surface area contributed by atoms with Gasteiger partial charge in [-0.2, -0.15) is 5.10 Å². The van der Waals surface area contributed by atoms with Crippen LogP contribution in [0.4, 0.5) is 5.82 Å². The van der Waals surface area contributed by atoms with Crippen molar-refractivity contribution in [2.75, 3.05) is 19.5 Å². The fourth-order valence-electron chi connectivity index (χ4n) is 1.22. The molecule has 84 valence electrons. The Morgan fingerprint density at radius 3 is 3.07 bits per heavy atom. The second kappa shape index (κ2) is 5.35. The zero-order chi connectivity index (χ0) is 11.3. The summed E-state index contributed by atoms with van der Waals surface area (Å²) in [5, 5.41) is 6.68. The van der Waals surface area contributed by atoms with Crippen molar-refractivity contribution in [2.24, 2.45) is 0 Å². The van der Waals surface area contributed by atoms with Gasteiger partial charge in [0.15, 0.2) is 0 Å². The Morgan fingerprint density at radius 1 is 1.80 bits per heavy atom. The Labute approximate surface area is 88.4 Å². The number of amides is 1. The summed E-state index contributed by atoms with van der Waals surface area (Å²) >= 11 is 0. The van der Waals surface area contributed by atoms with Crippen molar-refractivity contribution >= 4 is 11.7 Å². The van der Waals surface area contributed by atoms with E-state index in [-0.39, 0.29) is 18.5 Å². The van der Waals surface area contributed by atoms with Gasteiger partial charge in [-0.1, -0.05) is 0 Å². The lowest BCUT2D eigenvalue weighted by Gasteiger charge is -2.12. The van der Waals surface area contributed by atoms with Crippen molar-refractivity contribution < 1.29 is 9.53 Å². The maximum atomic E-state index is 11.4. The van der Waals surface area contributed by atoms with Crippen LogP contribution in [0.15, 0.2) is 12.3 Å². The number of anilines is 1. The number of nitrogen functional groups attached to an aromatic ring is 1. The van der Waals surface area contributed by atoms with Gasteiger partial charge >= 0.3 is 0 Å². The summed E-state index contributed by atoms with van der Waals surface area (Å²) in [6.07, 6.45) is 1.66. The monoisotopic (exact) mass is 212 g/mol. The Bertz CT molecular complexity index is 324. The van der Waals surface area contributed by atoms with Crippen LogP contribution < -0.4 is 11.1 Å². The smallest absolute Gasteiger partial charge is 0.242 e. The molecule has 6 heteroatoms. The summed E-state index contributed by atoms with van der Waals surface area (Å²) < 4.78 is 6.39. The molecule has 1 aromatic heterocycles. The molecule has 0 aliphatic carbocycles. The quantitative estimate of drug-likeness (QED) is 0.696. The van der Waals surface area contributed by atoms with Crippen LogP contribution in [0.25, 0.3) is 0 Å². The molecule has 1 atom stereocenters. The Hall–Kier alpha value is -1.56. The van der Waals surface area contributed by atoms with Crippen molar-refractivity contribution in [2.45, 2.75) is 19.5 Å². The molecule has 1 heterocycles. The molecule has 1 aromatic rings. The van der Waals surface area contributed by atoms with Gasteiger partial charge < -0.3 is 15.8 Å². The largest absolute Gasteiger partial charge is 0.383 e. The van der Waals surface area contributed by atoms with Crippen LogP contribution >= 0.6 is 0 Å². The van der Waals surface area contributed by atoms with Crippen molar-refractivity contribution in [3.8, 4) is 0 Å². The third-order valence-electron chi connectivity index (χ3n) is 1.79. The molecule has 0 saturated carbocycles. The maximum absolute atomic E-state index is 11.4. The number of nitrogens with one attached hydrogen (secondary N) is 1. The number of hydrogen-bond acceptors (Lipinski definition) is 4. The van der Waals surface area contributed by atoms with Gasteiger partial charge in [0.1, 0.15) is 12.4 Å². The third kappa shape index (κ3) is 3.99. The van der Waals surface area contributed by atoms with Crippen LogP contribution in [0.1, 0.15) is 6.92 Å². The van der Waals surface area contributed by atoms with Crippen molar-refractivity contribution in [3.63, 3.8) is 0 Å². The van der Waals surface area contributed by atoms with E-state index in [0.717, 1.165) is 0 Å². The van der Waals surface area contributed by atoms with Crippen molar-refractivity contribution in [1.82, 2.24) is 15.1 Å². The molecule has 1 amide bonds. The Kier molecular flexibility index (Phi) is 4.11. The maximum Gasteiger partial charge on any atom is 0.242 e. The number of methoxy groups -OCH3 is 1. The summed E-state index contributed by atoms with van der Waals surface area (Å²) in [5.41, 5.74) is 5.42. The SMILES string of the molecule is COCC(C)NC(=O)Cn1ccc(N)n1. The first-order valence-electron chi connectivity index (χ1n) is 4.69. The lowest BCUT2D eigenvalue weighted by molar-refractivity contribution is -0.122. The van der Waals surface area contributed by atoms with Gasteiger partial charge in [0.25, 0.3) is 0 Å². The summed E-state index contributed by atoms with van der Waals surface area (Å²) in [7, 11) is 1.59. The van der Waals surface area contributed by atoms with Gasteiger partial charge in [-0.25, -0.2) is 0 Å². The molecule has 0 spiro atoms. The first kappa shape index (κ1) is 11.5.